The third-order valence-electron chi connectivity index (χ3n) is 2.81. The van der Waals surface area contributed by atoms with Gasteiger partial charge in [-0.1, -0.05) is 30.3 Å². The Hall–Kier alpha value is -2.33. The molecule has 0 aliphatic heterocycles. The first-order valence-corrected chi connectivity index (χ1v) is 6.42. The van der Waals surface area contributed by atoms with Gasteiger partial charge in [-0.3, -0.25) is 4.79 Å². The molecule has 3 N–H and O–H groups in total. The third kappa shape index (κ3) is 4.40. The summed E-state index contributed by atoms with van der Waals surface area (Å²) in [6.45, 7) is 0. The number of hydrogen-bond donors (Lipinski definition) is 2. The number of benzene rings is 2. The molecule has 0 aliphatic rings. The average molecular weight is 271 g/mol. The fourth-order valence-corrected chi connectivity index (χ4v) is 1.96. The highest BCUT2D eigenvalue weighted by atomic mass is 16.5. The fraction of sp³-hybridized carbons (Fsp3) is 0.188. The lowest BCUT2D eigenvalue weighted by Crippen LogP contribution is -2.26. The van der Waals surface area contributed by atoms with Crippen molar-refractivity contribution in [3.05, 3.63) is 60.2 Å². The normalized spacial score (nSPS) is 11.8. The number of ether oxygens (including phenoxy) is 1. The lowest BCUT2D eigenvalue weighted by molar-refractivity contribution is -0.137. The molecule has 1 atom stereocenters. The summed E-state index contributed by atoms with van der Waals surface area (Å²) in [4.78, 5) is 10.6. The molecule has 0 heterocycles. The second-order valence-electron chi connectivity index (χ2n) is 4.62. The topological polar surface area (TPSA) is 72.6 Å². The average Bonchev–Trinajstić information content (AvgIpc) is 2.39. The Bertz CT molecular complexity index is 569. The van der Waals surface area contributed by atoms with Crippen LogP contribution in [0.2, 0.25) is 0 Å². The number of rotatable bonds is 6. The van der Waals surface area contributed by atoms with E-state index in [0.717, 1.165) is 17.1 Å². The van der Waals surface area contributed by atoms with Gasteiger partial charge in [0.1, 0.15) is 11.5 Å². The number of para-hydroxylation sites is 1. The monoisotopic (exact) mass is 271 g/mol. The lowest BCUT2D eigenvalue weighted by atomic mass is 10.0. The predicted octanol–water partition coefficient (Wildman–Crippen LogP) is 2.82. The summed E-state index contributed by atoms with van der Waals surface area (Å²) in [6.07, 6.45) is 0.474. The van der Waals surface area contributed by atoms with E-state index in [1.54, 1.807) is 0 Å². The lowest BCUT2D eigenvalue weighted by Gasteiger charge is -2.11. The first-order chi connectivity index (χ1) is 9.63. The van der Waals surface area contributed by atoms with Crippen molar-refractivity contribution >= 4 is 5.97 Å². The zero-order chi connectivity index (χ0) is 14.4. The van der Waals surface area contributed by atoms with Crippen LogP contribution in [-0.2, 0) is 11.2 Å². The summed E-state index contributed by atoms with van der Waals surface area (Å²) in [5.41, 5.74) is 6.75. The zero-order valence-corrected chi connectivity index (χ0v) is 11.0. The molecule has 2 aromatic rings. The Morgan fingerprint density at radius 2 is 1.80 bits per heavy atom. The van der Waals surface area contributed by atoms with Crippen LogP contribution in [0.5, 0.6) is 11.5 Å². The summed E-state index contributed by atoms with van der Waals surface area (Å²) in [5, 5.41) is 8.71. The molecule has 2 rings (SSSR count). The van der Waals surface area contributed by atoms with Gasteiger partial charge in [0.05, 0.1) is 6.42 Å². The molecule has 1 unspecified atom stereocenters. The Kier molecular flexibility index (Phi) is 4.74. The van der Waals surface area contributed by atoms with Crippen LogP contribution in [0.25, 0.3) is 0 Å². The van der Waals surface area contributed by atoms with E-state index < -0.39 is 5.97 Å². The highest BCUT2D eigenvalue weighted by molar-refractivity contribution is 5.67. The number of carboxylic acids is 1. The van der Waals surface area contributed by atoms with Crippen molar-refractivity contribution in [1.29, 1.82) is 0 Å². The largest absolute Gasteiger partial charge is 0.481 e. The van der Waals surface area contributed by atoms with Gasteiger partial charge in [-0.2, -0.15) is 0 Å². The Labute approximate surface area is 117 Å². The van der Waals surface area contributed by atoms with Crippen molar-refractivity contribution in [3.8, 4) is 11.5 Å². The van der Waals surface area contributed by atoms with Crippen LogP contribution in [0.3, 0.4) is 0 Å². The number of carbonyl (C=O) groups is 1. The van der Waals surface area contributed by atoms with Gasteiger partial charge in [-0.25, -0.2) is 0 Å². The number of carboxylic acid groups (broad SMARTS) is 1. The van der Waals surface area contributed by atoms with Gasteiger partial charge in [0.25, 0.3) is 0 Å². The molecule has 104 valence electrons. The van der Waals surface area contributed by atoms with E-state index in [0.29, 0.717) is 6.42 Å². The molecule has 0 amide bonds. The molecule has 0 spiro atoms. The first-order valence-electron chi connectivity index (χ1n) is 6.42. The van der Waals surface area contributed by atoms with Crippen molar-refractivity contribution in [3.63, 3.8) is 0 Å². The molecule has 4 nitrogen and oxygen atoms in total. The molecular weight excluding hydrogens is 254 g/mol. The molecule has 20 heavy (non-hydrogen) atoms. The van der Waals surface area contributed by atoms with E-state index in [1.165, 1.54) is 0 Å². The standard InChI is InChI=1S/C16H17NO3/c17-13(11-16(18)19)9-12-5-4-8-15(10-12)20-14-6-2-1-3-7-14/h1-8,10,13H,9,11,17H2,(H,18,19). The zero-order valence-electron chi connectivity index (χ0n) is 11.0. The maximum absolute atomic E-state index is 10.6. The van der Waals surface area contributed by atoms with Crippen LogP contribution in [0, 0.1) is 0 Å². The summed E-state index contributed by atoms with van der Waals surface area (Å²) in [6, 6.07) is 16.6. The molecule has 4 heteroatoms. The molecule has 0 bridgehead atoms. The molecule has 2 aromatic carbocycles. The summed E-state index contributed by atoms with van der Waals surface area (Å²) in [7, 11) is 0. The minimum absolute atomic E-state index is 0.0379. The highest BCUT2D eigenvalue weighted by Gasteiger charge is 2.09. The van der Waals surface area contributed by atoms with Crippen molar-refractivity contribution in [2.75, 3.05) is 0 Å². The third-order valence-corrected chi connectivity index (χ3v) is 2.81. The molecule has 0 saturated carbocycles. The summed E-state index contributed by atoms with van der Waals surface area (Å²) in [5.74, 6) is 0.602. The van der Waals surface area contributed by atoms with E-state index in [9.17, 15) is 4.79 Å². The second kappa shape index (κ2) is 6.73. The van der Waals surface area contributed by atoms with Crippen LogP contribution in [0.1, 0.15) is 12.0 Å². The van der Waals surface area contributed by atoms with Crippen LogP contribution in [0.15, 0.2) is 54.6 Å². The molecule has 0 aliphatic carbocycles. The van der Waals surface area contributed by atoms with Crippen LogP contribution >= 0.6 is 0 Å². The molecule has 0 radical (unpaired) electrons. The highest BCUT2D eigenvalue weighted by Crippen LogP contribution is 2.22. The van der Waals surface area contributed by atoms with Crippen LogP contribution in [-0.4, -0.2) is 17.1 Å². The maximum Gasteiger partial charge on any atom is 0.304 e. The molecule has 0 fully saturated rings. The molecular formula is C16H17NO3. The van der Waals surface area contributed by atoms with Crippen molar-refractivity contribution in [2.45, 2.75) is 18.9 Å². The van der Waals surface area contributed by atoms with Crippen molar-refractivity contribution < 1.29 is 14.6 Å². The number of aliphatic carboxylic acids is 1. The quantitative estimate of drug-likeness (QED) is 0.847. The Morgan fingerprint density at radius 3 is 2.50 bits per heavy atom. The summed E-state index contributed by atoms with van der Waals surface area (Å²) >= 11 is 0. The van der Waals surface area contributed by atoms with Crippen LogP contribution < -0.4 is 10.5 Å². The van der Waals surface area contributed by atoms with Gasteiger partial charge in [0, 0.05) is 6.04 Å². The molecule has 0 aromatic heterocycles. The van der Waals surface area contributed by atoms with Crippen molar-refractivity contribution in [2.24, 2.45) is 5.73 Å². The van der Waals surface area contributed by atoms with Gasteiger partial charge in [0.2, 0.25) is 0 Å². The van der Waals surface area contributed by atoms with E-state index in [1.807, 2.05) is 54.6 Å². The van der Waals surface area contributed by atoms with Crippen molar-refractivity contribution in [1.82, 2.24) is 0 Å². The fourth-order valence-electron chi connectivity index (χ4n) is 1.96. The van der Waals surface area contributed by atoms with Gasteiger partial charge in [0.15, 0.2) is 0 Å². The van der Waals surface area contributed by atoms with E-state index >= 15 is 0 Å². The van der Waals surface area contributed by atoms with E-state index in [4.69, 9.17) is 15.6 Å². The van der Waals surface area contributed by atoms with Gasteiger partial charge < -0.3 is 15.6 Å². The van der Waals surface area contributed by atoms with E-state index in [-0.39, 0.29) is 12.5 Å². The van der Waals surface area contributed by atoms with Gasteiger partial charge >= 0.3 is 5.97 Å². The second-order valence-corrected chi connectivity index (χ2v) is 4.62. The maximum atomic E-state index is 10.6. The summed E-state index contributed by atoms with van der Waals surface area (Å²) < 4.78 is 5.72. The minimum Gasteiger partial charge on any atom is -0.481 e. The SMILES string of the molecule is NC(CC(=O)O)Cc1cccc(Oc2ccccc2)c1. The Balaban J connectivity index is 2.02. The number of hydrogen-bond acceptors (Lipinski definition) is 3. The first kappa shape index (κ1) is 14.1. The van der Waals surface area contributed by atoms with E-state index in [2.05, 4.69) is 0 Å². The molecule has 0 saturated heterocycles. The van der Waals surface area contributed by atoms with Gasteiger partial charge in [-0.05, 0) is 36.2 Å². The predicted molar refractivity (Wildman–Crippen MR) is 76.9 cm³/mol. The van der Waals surface area contributed by atoms with Gasteiger partial charge in [-0.15, -0.1) is 0 Å². The number of nitrogens with two attached hydrogens (primary N) is 1. The van der Waals surface area contributed by atoms with Crippen LogP contribution in [0.4, 0.5) is 0 Å². The Morgan fingerprint density at radius 1 is 1.10 bits per heavy atom. The minimum atomic E-state index is -0.880. The smallest absolute Gasteiger partial charge is 0.304 e.